The number of ether oxygens (including phenoxy) is 1. The molecule has 0 unspecified atom stereocenters. The summed E-state index contributed by atoms with van der Waals surface area (Å²) in [6.45, 7) is 2.55. The molecule has 1 rings (SSSR count). The van der Waals surface area contributed by atoms with Crippen LogP contribution in [-0.2, 0) is 16.1 Å². The number of anilines is 1. The lowest BCUT2D eigenvalue weighted by molar-refractivity contribution is -0.131. The lowest BCUT2D eigenvalue weighted by Crippen LogP contribution is -2.36. The standard InChI is InChI=1S/C9H13F2N3O2S/c1-9(2,6(10)11)7(15)13-8-12-5(4-16-3)14-17-8/h6H,4H2,1-3H3,(H,12,13,14,15). The zero-order valence-electron chi connectivity index (χ0n) is 9.66. The Balaban J connectivity index is 2.67. The van der Waals surface area contributed by atoms with Crippen molar-refractivity contribution < 1.29 is 18.3 Å². The molecule has 1 aromatic rings. The van der Waals surface area contributed by atoms with E-state index < -0.39 is 17.7 Å². The number of halogens is 2. The van der Waals surface area contributed by atoms with Crippen LogP contribution in [0.3, 0.4) is 0 Å². The molecule has 1 aromatic heterocycles. The number of methoxy groups -OCH3 is 1. The number of hydrogen-bond acceptors (Lipinski definition) is 5. The van der Waals surface area contributed by atoms with Gasteiger partial charge in [-0.3, -0.25) is 4.79 Å². The van der Waals surface area contributed by atoms with Gasteiger partial charge in [-0.05, 0) is 13.8 Å². The van der Waals surface area contributed by atoms with E-state index in [-0.39, 0.29) is 11.7 Å². The van der Waals surface area contributed by atoms with Crippen LogP contribution in [0.15, 0.2) is 0 Å². The van der Waals surface area contributed by atoms with Crippen molar-refractivity contribution >= 4 is 22.6 Å². The Morgan fingerprint density at radius 2 is 2.24 bits per heavy atom. The summed E-state index contributed by atoms with van der Waals surface area (Å²) in [6, 6.07) is 0. The van der Waals surface area contributed by atoms with Crippen molar-refractivity contribution in [2.45, 2.75) is 26.9 Å². The molecule has 0 spiro atoms. The number of alkyl halides is 2. The molecule has 17 heavy (non-hydrogen) atoms. The fraction of sp³-hybridized carbons (Fsp3) is 0.667. The van der Waals surface area contributed by atoms with Crippen LogP contribution in [0.25, 0.3) is 0 Å². The molecule has 0 atom stereocenters. The third kappa shape index (κ3) is 3.40. The van der Waals surface area contributed by atoms with Gasteiger partial charge in [0.25, 0.3) is 6.43 Å². The number of nitrogens with one attached hydrogen (secondary N) is 1. The van der Waals surface area contributed by atoms with Crippen molar-refractivity contribution in [1.82, 2.24) is 9.36 Å². The van der Waals surface area contributed by atoms with E-state index in [1.807, 2.05) is 0 Å². The van der Waals surface area contributed by atoms with E-state index in [1.165, 1.54) is 21.0 Å². The van der Waals surface area contributed by atoms with Crippen molar-refractivity contribution in [1.29, 1.82) is 0 Å². The van der Waals surface area contributed by atoms with E-state index in [1.54, 1.807) is 0 Å². The highest BCUT2D eigenvalue weighted by molar-refractivity contribution is 7.09. The van der Waals surface area contributed by atoms with Gasteiger partial charge in [-0.15, -0.1) is 0 Å². The zero-order chi connectivity index (χ0) is 13.1. The van der Waals surface area contributed by atoms with Gasteiger partial charge in [-0.2, -0.15) is 4.37 Å². The third-order valence-electron chi connectivity index (χ3n) is 2.09. The largest absolute Gasteiger partial charge is 0.377 e. The average molecular weight is 265 g/mol. The van der Waals surface area contributed by atoms with E-state index in [0.717, 1.165) is 11.5 Å². The number of hydrogen-bond donors (Lipinski definition) is 1. The number of amides is 1. The maximum atomic E-state index is 12.6. The number of aromatic nitrogens is 2. The molecule has 0 aliphatic rings. The topological polar surface area (TPSA) is 64.1 Å². The molecule has 1 N–H and O–H groups in total. The second kappa shape index (κ2) is 5.46. The summed E-state index contributed by atoms with van der Waals surface area (Å²) in [5.41, 5.74) is -1.76. The quantitative estimate of drug-likeness (QED) is 0.883. The summed E-state index contributed by atoms with van der Waals surface area (Å²) >= 11 is 0.928. The smallest absolute Gasteiger partial charge is 0.252 e. The van der Waals surface area contributed by atoms with E-state index >= 15 is 0 Å². The summed E-state index contributed by atoms with van der Waals surface area (Å²) in [4.78, 5) is 15.5. The van der Waals surface area contributed by atoms with Gasteiger partial charge in [0.05, 0.1) is 0 Å². The molecular weight excluding hydrogens is 252 g/mol. The maximum absolute atomic E-state index is 12.6. The van der Waals surface area contributed by atoms with Crippen LogP contribution in [-0.4, -0.2) is 28.8 Å². The Labute approximate surface area is 101 Å². The molecule has 1 amide bonds. The Bertz CT molecular complexity index is 395. The Kier molecular flexibility index (Phi) is 4.47. The molecule has 8 heteroatoms. The van der Waals surface area contributed by atoms with Crippen molar-refractivity contribution in [3.05, 3.63) is 5.82 Å². The normalized spacial score (nSPS) is 11.9. The molecule has 0 saturated carbocycles. The first-order chi connectivity index (χ1) is 7.87. The zero-order valence-corrected chi connectivity index (χ0v) is 10.5. The third-order valence-corrected chi connectivity index (χ3v) is 2.76. The molecule has 0 aromatic carbocycles. The highest BCUT2D eigenvalue weighted by atomic mass is 32.1. The predicted octanol–water partition coefficient (Wildman–Crippen LogP) is 1.91. The van der Waals surface area contributed by atoms with Crippen LogP contribution >= 0.6 is 11.5 Å². The Hall–Kier alpha value is -1.15. The summed E-state index contributed by atoms with van der Waals surface area (Å²) < 4.78 is 33.8. The molecule has 0 radical (unpaired) electrons. The highest BCUT2D eigenvalue weighted by Gasteiger charge is 2.38. The van der Waals surface area contributed by atoms with Gasteiger partial charge in [0, 0.05) is 18.6 Å². The van der Waals surface area contributed by atoms with Gasteiger partial charge < -0.3 is 10.1 Å². The predicted molar refractivity (Wildman–Crippen MR) is 59.0 cm³/mol. The van der Waals surface area contributed by atoms with Crippen molar-refractivity contribution in [3.8, 4) is 0 Å². The summed E-state index contributed by atoms with van der Waals surface area (Å²) in [7, 11) is 1.49. The van der Waals surface area contributed by atoms with E-state index in [0.29, 0.717) is 5.82 Å². The van der Waals surface area contributed by atoms with Gasteiger partial charge in [0.15, 0.2) is 5.82 Å². The minimum absolute atomic E-state index is 0.191. The average Bonchev–Trinajstić information content (AvgIpc) is 2.65. The molecule has 0 aliphatic heterocycles. The fourth-order valence-corrected chi connectivity index (χ4v) is 1.42. The SMILES string of the molecule is COCc1nsc(NC(=O)C(C)(C)C(F)F)n1. The number of carbonyl (C=O) groups excluding carboxylic acids is 1. The maximum Gasteiger partial charge on any atom is 0.252 e. The molecule has 0 aliphatic carbocycles. The summed E-state index contributed by atoms with van der Waals surface area (Å²) in [6.07, 6.45) is -2.74. The summed E-state index contributed by atoms with van der Waals surface area (Å²) in [5, 5.41) is 2.50. The van der Waals surface area contributed by atoms with E-state index in [9.17, 15) is 13.6 Å². The first-order valence-corrected chi connectivity index (χ1v) is 5.56. The van der Waals surface area contributed by atoms with Gasteiger partial charge in [0.1, 0.15) is 12.0 Å². The van der Waals surface area contributed by atoms with Crippen LogP contribution in [0.1, 0.15) is 19.7 Å². The minimum atomic E-state index is -2.74. The van der Waals surface area contributed by atoms with Gasteiger partial charge >= 0.3 is 0 Å². The Morgan fingerprint density at radius 3 is 2.76 bits per heavy atom. The molecule has 0 saturated heterocycles. The monoisotopic (exact) mass is 265 g/mol. The van der Waals surface area contributed by atoms with Crippen molar-refractivity contribution in [2.75, 3.05) is 12.4 Å². The lowest BCUT2D eigenvalue weighted by atomic mass is 9.93. The highest BCUT2D eigenvalue weighted by Crippen LogP contribution is 2.26. The van der Waals surface area contributed by atoms with Crippen LogP contribution in [0, 0.1) is 5.41 Å². The minimum Gasteiger partial charge on any atom is -0.377 e. The second-order valence-corrected chi connectivity index (χ2v) is 4.68. The first-order valence-electron chi connectivity index (χ1n) is 4.79. The molecule has 96 valence electrons. The van der Waals surface area contributed by atoms with Crippen molar-refractivity contribution in [3.63, 3.8) is 0 Å². The summed E-state index contributed by atoms with van der Waals surface area (Å²) in [5.74, 6) is -0.379. The number of carbonyl (C=O) groups is 1. The second-order valence-electron chi connectivity index (χ2n) is 3.93. The fourth-order valence-electron chi connectivity index (χ4n) is 0.850. The molecule has 1 heterocycles. The first kappa shape index (κ1) is 13.9. The molecule has 5 nitrogen and oxygen atoms in total. The number of nitrogens with zero attached hydrogens (tertiary/aromatic N) is 2. The van der Waals surface area contributed by atoms with Crippen molar-refractivity contribution in [2.24, 2.45) is 5.41 Å². The van der Waals surface area contributed by atoms with Crippen LogP contribution in [0.4, 0.5) is 13.9 Å². The van der Waals surface area contributed by atoms with E-state index in [2.05, 4.69) is 14.7 Å². The number of rotatable bonds is 5. The van der Waals surface area contributed by atoms with Crippen LogP contribution < -0.4 is 5.32 Å². The van der Waals surface area contributed by atoms with Gasteiger partial charge in [0.2, 0.25) is 11.0 Å². The molecule has 0 bridgehead atoms. The van der Waals surface area contributed by atoms with Crippen LogP contribution in [0.2, 0.25) is 0 Å². The molecular formula is C9H13F2N3O2S. The Morgan fingerprint density at radius 1 is 1.59 bits per heavy atom. The van der Waals surface area contributed by atoms with E-state index in [4.69, 9.17) is 4.74 Å². The molecule has 0 fully saturated rings. The van der Waals surface area contributed by atoms with Crippen LogP contribution in [0.5, 0.6) is 0 Å². The van der Waals surface area contributed by atoms with Gasteiger partial charge in [-0.1, -0.05) is 0 Å². The van der Waals surface area contributed by atoms with Gasteiger partial charge in [-0.25, -0.2) is 13.8 Å². The lowest BCUT2D eigenvalue weighted by Gasteiger charge is -2.21.